The van der Waals surface area contributed by atoms with Crippen molar-refractivity contribution in [2.45, 2.75) is 31.6 Å². The van der Waals surface area contributed by atoms with Gasteiger partial charge in [-0.1, -0.05) is 18.6 Å². The number of benzene rings is 1. The van der Waals surface area contributed by atoms with Gasteiger partial charge in [-0.2, -0.15) is 0 Å². The second-order valence-electron chi connectivity index (χ2n) is 5.23. The first-order valence-electron chi connectivity index (χ1n) is 6.56. The van der Waals surface area contributed by atoms with E-state index in [0.717, 1.165) is 12.4 Å². The maximum Gasteiger partial charge on any atom is 0.110 e. The predicted molar refractivity (Wildman–Crippen MR) is 72.9 cm³/mol. The molecule has 18 heavy (non-hydrogen) atoms. The van der Waals surface area contributed by atoms with Crippen molar-refractivity contribution in [3.63, 3.8) is 0 Å². The van der Waals surface area contributed by atoms with Gasteiger partial charge in [-0.05, 0) is 37.5 Å². The number of aromatic nitrogens is 2. The predicted octanol–water partition coefficient (Wildman–Crippen LogP) is 2.56. The van der Waals surface area contributed by atoms with Crippen molar-refractivity contribution < 1.29 is 0 Å². The van der Waals surface area contributed by atoms with Crippen LogP contribution in [0.5, 0.6) is 0 Å². The third-order valence-corrected chi connectivity index (χ3v) is 4.26. The number of nitrogens with two attached hydrogens (primary N) is 1. The molecule has 1 aliphatic rings. The molecule has 0 amide bonds. The lowest BCUT2D eigenvalue weighted by atomic mass is 9.64. The molecule has 94 valence electrons. The van der Waals surface area contributed by atoms with E-state index in [0.29, 0.717) is 0 Å². The van der Waals surface area contributed by atoms with Crippen LogP contribution in [0.1, 0.15) is 30.7 Å². The van der Waals surface area contributed by atoms with E-state index >= 15 is 0 Å². The molecule has 1 saturated carbocycles. The molecule has 1 aliphatic carbocycles. The van der Waals surface area contributed by atoms with Gasteiger partial charge in [-0.25, -0.2) is 4.98 Å². The topological polar surface area (TPSA) is 43.8 Å². The molecule has 1 aromatic heterocycles. The molecule has 3 rings (SSSR count). The van der Waals surface area contributed by atoms with Crippen LogP contribution < -0.4 is 5.73 Å². The zero-order valence-corrected chi connectivity index (χ0v) is 10.8. The maximum absolute atomic E-state index is 5.98. The summed E-state index contributed by atoms with van der Waals surface area (Å²) >= 11 is 0. The minimum absolute atomic E-state index is 0.227. The van der Waals surface area contributed by atoms with Crippen molar-refractivity contribution in [2.24, 2.45) is 5.73 Å². The Kier molecular flexibility index (Phi) is 2.71. The van der Waals surface area contributed by atoms with Gasteiger partial charge in [0, 0.05) is 30.0 Å². The summed E-state index contributed by atoms with van der Waals surface area (Å²) in [6.45, 7) is 2.77. The second kappa shape index (κ2) is 4.25. The Bertz CT molecular complexity index is 547. The Morgan fingerprint density at radius 1 is 1.39 bits per heavy atom. The number of aryl methyl sites for hydroxylation is 1. The van der Waals surface area contributed by atoms with E-state index in [9.17, 15) is 0 Å². The van der Waals surface area contributed by atoms with Gasteiger partial charge < -0.3 is 10.3 Å². The van der Waals surface area contributed by atoms with Crippen LogP contribution in [0.25, 0.3) is 5.69 Å². The zero-order chi connectivity index (χ0) is 12.6. The van der Waals surface area contributed by atoms with Gasteiger partial charge in [0.25, 0.3) is 0 Å². The summed E-state index contributed by atoms with van der Waals surface area (Å²) in [6, 6.07) is 8.73. The van der Waals surface area contributed by atoms with E-state index in [1.807, 2.05) is 19.3 Å². The van der Waals surface area contributed by atoms with Crippen LogP contribution in [0.4, 0.5) is 0 Å². The third-order valence-electron chi connectivity index (χ3n) is 4.26. The fraction of sp³-hybridized carbons (Fsp3) is 0.400. The van der Waals surface area contributed by atoms with E-state index in [1.165, 1.54) is 30.5 Å². The van der Waals surface area contributed by atoms with Crippen molar-refractivity contribution in [3.05, 3.63) is 48.0 Å². The molecule has 3 heteroatoms. The summed E-state index contributed by atoms with van der Waals surface area (Å²) in [4.78, 5) is 4.28. The number of nitrogens with zero attached hydrogens (tertiary/aromatic N) is 2. The molecule has 3 nitrogen and oxygen atoms in total. The maximum atomic E-state index is 5.98. The van der Waals surface area contributed by atoms with Gasteiger partial charge in [-0.15, -0.1) is 0 Å². The van der Waals surface area contributed by atoms with Crippen LogP contribution >= 0.6 is 0 Å². The first-order chi connectivity index (χ1) is 8.75. The number of imidazole rings is 1. The summed E-state index contributed by atoms with van der Waals surface area (Å²) < 4.78 is 2.12. The molecule has 0 aliphatic heterocycles. The lowest BCUT2D eigenvalue weighted by molar-refractivity contribution is 0.253. The smallest absolute Gasteiger partial charge is 0.110 e. The number of hydrogen-bond acceptors (Lipinski definition) is 2. The highest BCUT2D eigenvalue weighted by molar-refractivity contribution is 5.41. The highest BCUT2D eigenvalue weighted by Gasteiger charge is 2.37. The van der Waals surface area contributed by atoms with E-state index < -0.39 is 0 Å². The lowest BCUT2D eigenvalue weighted by Crippen LogP contribution is -2.41. The molecule has 0 saturated heterocycles. The summed E-state index contributed by atoms with van der Waals surface area (Å²) in [5.74, 6) is 1.02. The molecule has 0 atom stereocenters. The third kappa shape index (κ3) is 1.66. The highest BCUT2D eigenvalue weighted by Crippen LogP contribution is 2.43. The Morgan fingerprint density at radius 3 is 2.78 bits per heavy atom. The Morgan fingerprint density at radius 2 is 2.22 bits per heavy atom. The lowest BCUT2D eigenvalue weighted by Gasteiger charge is -2.41. The van der Waals surface area contributed by atoms with Gasteiger partial charge in [0.2, 0.25) is 0 Å². The molecule has 1 fully saturated rings. The van der Waals surface area contributed by atoms with Crippen LogP contribution in [0.2, 0.25) is 0 Å². The Balaban J connectivity index is 2.02. The monoisotopic (exact) mass is 241 g/mol. The minimum atomic E-state index is 0.227. The SMILES string of the molecule is Cc1nccn1-c1cccc(C2(CN)CCC2)c1. The second-order valence-corrected chi connectivity index (χ2v) is 5.23. The van der Waals surface area contributed by atoms with E-state index in [2.05, 4.69) is 33.8 Å². The van der Waals surface area contributed by atoms with E-state index in [1.54, 1.807) is 0 Å². The fourth-order valence-corrected chi connectivity index (χ4v) is 2.85. The average molecular weight is 241 g/mol. The highest BCUT2D eigenvalue weighted by atomic mass is 15.1. The summed E-state index contributed by atoms with van der Waals surface area (Å²) in [6.07, 6.45) is 7.58. The van der Waals surface area contributed by atoms with E-state index in [4.69, 9.17) is 5.73 Å². The quantitative estimate of drug-likeness (QED) is 0.897. The van der Waals surface area contributed by atoms with Crippen molar-refractivity contribution in [1.82, 2.24) is 9.55 Å². The molecule has 2 N–H and O–H groups in total. The van der Waals surface area contributed by atoms with E-state index in [-0.39, 0.29) is 5.41 Å². The molecule has 0 spiro atoms. The average Bonchev–Trinajstić information content (AvgIpc) is 2.75. The Hall–Kier alpha value is -1.61. The molecule has 0 unspecified atom stereocenters. The van der Waals surface area contributed by atoms with Gasteiger partial charge in [0.1, 0.15) is 5.82 Å². The standard InChI is InChI=1S/C15H19N3/c1-12-17-8-9-18(12)14-5-2-4-13(10-14)15(11-16)6-3-7-15/h2,4-5,8-10H,3,6-7,11,16H2,1H3. The van der Waals surface area contributed by atoms with Gasteiger partial charge >= 0.3 is 0 Å². The van der Waals surface area contributed by atoms with Crippen molar-refractivity contribution in [2.75, 3.05) is 6.54 Å². The number of rotatable bonds is 3. The van der Waals surface area contributed by atoms with Crippen LogP contribution in [0, 0.1) is 6.92 Å². The molecule has 0 bridgehead atoms. The Labute approximate surface area is 108 Å². The summed E-state index contributed by atoms with van der Waals surface area (Å²) in [5.41, 5.74) is 8.77. The first kappa shape index (κ1) is 11.5. The molecule has 1 aromatic carbocycles. The van der Waals surface area contributed by atoms with Crippen LogP contribution in [-0.2, 0) is 5.41 Å². The first-order valence-corrected chi connectivity index (χ1v) is 6.56. The molecule has 1 heterocycles. The number of hydrogen-bond donors (Lipinski definition) is 1. The van der Waals surface area contributed by atoms with Crippen LogP contribution in [0.15, 0.2) is 36.7 Å². The van der Waals surface area contributed by atoms with Crippen LogP contribution in [-0.4, -0.2) is 16.1 Å². The van der Waals surface area contributed by atoms with Crippen LogP contribution in [0.3, 0.4) is 0 Å². The van der Waals surface area contributed by atoms with Crippen molar-refractivity contribution in [1.29, 1.82) is 0 Å². The molecule has 0 radical (unpaired) electrons. The van der Waals surface area contributed by atoms with Gasteiger partial charge in [0.05, 0.1) is 0 Å². The molecular weight excluding hydrogens is 222 g/mol. The molecule has 2 aromatic rings. The van der Waals surface area contributed by atoms with Gasteiger partial charge in [-0.3, -0.25) is 0 Å². The molecular formula is C15H19N3. The van der Waals surface area contributed by atoms with Gasteiger partial charge in [0.15, 0.2) is 0 Å². The fourth-order valence-electron chi connectivity index (χ4n) is 2.85. The normalized spacial score (nSPS) is 17.4. The summed E-state index contributed by atoms with van der Waals surface area (Å²) in [5, 5.41) is 0. The van der Waals surface area contributed by atoms with Crippen molar-refractivity contribution >= 4 is 0 Å². The largest absolute Gasteiger partial charge is 0.330 e. The van der Waals surface area contributed by atoms with Crippen molar-refractivity contribution in [3.8, 4) is 5.69 Å². The zero-order valence-electron chi connectivity index (χ0n) is 10.8. The summed E-state index contributed by atoms with van der Waals surface area (Å²) in [7, 11) is 0. The minimum Gasteiger partial charge on any atom is -0.330 e.